The van der Waals surface area contributed by atoms with Crippen LogP contribution in [0.5, 0.6) is 0 Å². The highest BCUT2D eigenvalue weighted by Crippen LogP contribution is 2.22. The molecule has 0 aliphatic rings. The molecule has 4 heteroatoms. The molecular formula is C18H18N2O2. The van der Waals surface area contributed by atoms with Crippen molar-refractivity contribution in [3.63, 3.8) is 0 Å². The molecule has 2 rings (SSSR count). The van der Waals surface area contributed by atoms with Crippen LogP contribution >= 0.6 is 0 Å². The molecule has 0 atom stereocenters. The number of carbonyl (C=O) groups is 1. The molecular weight excluding hydrogens is 276 g/mol. The SMILES string of the molecule is Cc1ccc(C(=O)/C(=C\O)N=Nc2cccc(C)c2C)cc1. The number of carbonyl (C=O) groups excluding carboxylic acids is 1. The number of benzene rings is 2. The average Bonchev–Trinajstić information content (AvgIpc) is 2.52. The van der Waals surface area contributed by atoms with Crippen LogP contribution in [0.15, 0.2) is 64.7 Å². The molecule has 0 bridgehead atoms. The fraction of sp³-hybridized carbons (Fsp3) is 0.167. The Morgan fingerprint density at radius 2 is 1.73 bits per heavy atom. The lowest BCUT2D eigenvalue weighted by Crippen LogP contribution is -2.01. The van der Waals surface area contributed by atoms with E-state index >= 15 is 0 Å². The smallest absolute Gasteiger partial charge is 0.216 e. The third kappa shape index (κ3) is 3.47. The Kier molecular flexibility index (Phi) is 4.84. The van der Waals surface area contributed by atoms with Crippen molar-refractivity contribution in [3.05, 3.63) is 76.7 Å². The van der Waals surface area contributed by atoms with Gasteiger partial charge in [0.25, 0.3) is 0 Å². The predicted octanol–water partition coefficient (Wildman–Crippen LogP) is 4.98. The van der Waals surface area contributed by atoms with E-state index in [-0.39, 0.29) is 11.5 Å². The van der Waals surface area contributed by atoms with Crippen LogP contribution in [0.25, 0.3) is 0 Å². The number of Topliss-reactive ketones (excluding diaryl/α,β-unsaturated/α-hetero) is 1. The number of aliphatic hydroxyl groups is 1. The number of aliphatic hydroxyl groups excluding tert-OH is 1. The number of hydrogen-bond acceptors (Lipinski definition) is 4. The normalized spacial score (nSPS) is 11.9. The first-order valence-corrected chi connectivity index (χ1v) is 6.96. The van der Waals surface area contributed by atoms with Crippen LogP contribution < -0.4 is 0 Å². The first-order chi connectivity index (χ1) is 10.5. The van der Waals surface area contributed by atoms with E-state index in [1.165, 1.54) is 0 Å². The lowest BCUT2D eigenvalue weighted by atomic mass is 10.1. The second kappa shape index (κ2) is 6.80. The highest BCUT2D eigenvalue weighted by molar-refractivity contribution is 6.08. The second-order valence-corrected chi connectivity index (χ2v) is 5.13. The highest BCUT2D eigenvalue weighted by Gasteiger charge is 2.12. The summed E-state index contributed by atoms with van der Waals surface area (Å²) in [6.07, 6.45) is 0.691. The van der Waals surface area contributed by atoms with Crippen molar-refractivity contribution in [2.75, 3.05) is 0 Å². The quantitative estimate of drug-likeness (QED) is 0.374. The lowest BCUT2D eigenvalue weighted by molar-refractivity contribution is 0.102. The van der Waals surface area contributed by atoms with Gasteiger partial charge in [-0.1, -0.05) is 42.0 Å². The fourth-order valence-corrected chi connectivity index (χ4v) is 1.93. The first kappa shape index (κ1) is 15.6. The third-order valence-corrected chi connectivity index (χ3v) is 3.51. The van der Waals surface area contributed by atoms with Gasteiger partial charge >= 0.3 is 0 Å². The molecule has 0 aliphatic heterocycles. The van der Waals surface area contributed by atoms with Gasteiger partial charge in [0.05, 0.1) is 5.69 Å². The Morgan fingerprint density at radius 1 is 1.05 bits per heavy atom. The van der Waals surface area contributed by atoms with Crippen LogP contribution in [0.4, 0.5) is 5.69 Å². The van der Waals surface area contributed by atoms with Gasteiger partial charge in [-0.2, -0.15) is 5.11 Å². The Morgan fingerprint density at radius 3 is 2.36 bits per heavy atom. The molecule has 22 heavy (non-hydrogen) atoms. The number of aryl methyl sites for hydroxylation is 2. The lowest BCUT2D eigenvalue weighted by Gasteiger charge is -2.03. The molecule has 112 valence electrons. The van der Waals surface area contributed by atoms with E-state index in [1.54, 1.807) is 12.1 Å². The summed E-state index contributed by atoms with van der Waals surface area (Å²) >= 11 is 0. The number of azo groups is 1. The van der Waals surface area contributed by atoms with Gasteiger partial charge in [0, 0.05) is 5.56 Å². The summed E-state index contributed by atoms with van der Waals surface area (Å²) in [6, 6.07) is 12.8. The van der Waals surface area contributed by atoms with E-state index in [4.69, 9.17) is 0 Å². The van der Waals surface area contributed by atoms with Gasteiger partial charge in [-0.25, -0.2) is 0 Å². The summed E-state index contributed by atoms with van der Waals surface area (Å²) in [6.45, 7) is 5.86. The largest absolute Gasteiger partial charge is 0.513 e. The average molecular weight is 294 g/mol. The highest BCUT2D eigenvalue weighted by atomic mass is 16.2. The van der Waals surface area contributed by atoms with E-state index < -0.39 is 0 Å². The van der Waals surface area contributed by atoms with Crippen LogP contribution in [0.1, 0.15) is 27.0 Å². The zero-order chi connectivity index (χ0) is 16.1. The molecule has 0 saturated carbocycles. The van der Waals surface area contributed by atoms with E-state index in [9.17, 15) is 9.90 Å². The van der Waals surface area contributed by atoms with Crippen molar-refractivity contribution < 1.29 is 9.90 Å². The van der Waals surface area contributed by atoms with Gasteiger partial charge in [0.1, 0.15) is 6.26 Å². The second-order valence-electron chi connectivity index (χ2n) is 5.13. The minimum Gasteiger partial charge on any atom is -0.513 e. The zero-order valence-electron chi connectivity index (χ0n) is 12.9. The monoisotopic (exact) mass is 294 g/mol. The molecule has 0 aliphatic carbocycles. The molecule has 1 N–H and O–H groups in total. The summed E-state index contributed by atoms with van der Waals surface area (Å²) in [5, 5.41) is 17.3. The van der Waals surface area contributed by atoms with Gasteiger partial charge in [0.15, 0.2) is 5.70 Å². The third-order valence-electron chi connectivity index (χ3n) is 3.51. The van der Waals surface area contributed by atoms with Crippen molar-refractivity contribution >= 4 is 11.5 Å². The molecule has 0 heterocycles. The van der Waals surface area contributed by atoms with Gasteiger partial charge < -0.3 is 5.11 Å². The van der Waals surface area contributed by atoms with Crippen molar-refractivity contribution in [1.82, 2.24) is 0 Å². The molecule has 0 unspecified atom stereocenters. The van der Waals surface area contributed by atoms with E-state index in [2.05, 4.69) is 10.2 Å². The minimum atomic E-state index is -0.364. The number of nitrogens with zero attached hydrogens (tertiary/aromatic N) is 2. The summed E-state index contributed by atoms with van der Waals surface area (Å²) < 4.78 is 0. The van der Waals surface area contributed by atoms with Gasteiger partial charge in [-0.05, 0) is 38.0 Å². The van der Waals surface area contributed by atoms with E-state index in [0.717, 1.165) is 16.7 Å². The molecule has 0 spiro atoms. The van der Waals surface area contributed by atoms with Crippen LogP contribution in [0, 0.1) is 20.8 Å². The standard InChI is InChI=1S/C18H18N2O2/c1-12-7-9-15(10-8-12)18(22)17(11-21)20-19-16-6-4-5-13(2)14(16)3/h4-11,21H,1-3H3/b17-11+,20-19?. The van der Waals surface area contributed by atoms with Gasteiger partial charge in [-0.15, -0.1) is 5.11 Å². The molecule has 0 amide bonds. The summed E-state index contributed by atoms with van der Waals surface area (Å²) in [7, 11) is 0. The molecule has 0 aromatic heterocycles. The zero-order valence-corrected chi connectivity index (χ0v) is 12.9. The van der Waals surface area contributed by atoms with Crippen LogP contribution in [0.2, 0.25) is 0 Å². The Hall–Kier alpha value is -2.75. The maximum absolute atomic E-state index is 12.3. The van der Waals surface area contributed by atoms with Gasteiger partial charge in [0.2, 0.25) is 5.78 Å². The summed E-state index contributed by atoms with van der Waals surface area (Å²) in [5.41, 5.74) is 4.19. The van der Waals surface area contributed by atoms with Crippen LogP contribution in [-0.4, -0.2) is 10.9 Å². The maximum Gasteiger partial charge on any atom is 0.216 e. The van der Waals surface area contributed by atoms with E-state index in [1.807, 2.05) is 51.1 Å². The Balaban J connectivity index is 2.26. The summed E-state index contributed by atoms with van der Waals surface area (Å²) in [5.74, 6) is -0.364. The van der Waals surface area contributed by atoms with Crippen molar-refractivity contribution in [2.24, 2.45) is 10.2 Å². The molecule has 4 nitrogen and oxygen atoms in total. The number of rotatable bonds is 4. The van der Waals surface area contributed by atoms with Crippen LogP contribution in [-0.2, 0) is 0 Å². The van der Waals surface area contributed by atoms with Crippen LogP contribution in [0.3, 0.4) is 0 Å². The first-order valence-electron chi connectivity index (χ1n) is 6.96. The minimum absolute atomic E-state index is 0.0928. The number of ketones is 1. The molecule has 0 radical (unpaired) electrons. The predicted molar refractivity (Wildman–Crippen MR) is 86.7 cm³/mol. The van der Waals surface area contributed by atoms with Crippen molar-refractivity contribution in [3.8, 4) is 0 Å². The topological polar surface area (TPSA) is 62.0 Å². The number of allylic oxidation sites excluding steroid dienone is 1. The summed E-state index contributed by atoms with van der Waals surface area (Å²) in [4.78, 5) is 12.3. The number of hydrogen-bond donors (Lipinski definition) is 1. The fourth-order valence-electron chi connectivity index (χ4n) is 1.93. The maximum atomic E-state index is 12.3. The molecule has 0 fully saturated rings. The Bertz CT molecular complexity index is 744. The molecule has 2 aromatic rings. The van der Waals surface area contributed by atoms with Gasteiger partial charge in [-0.3, -0.25) is 4.79 Å². The molecule has 2 aromatic carbocycles. The van der Waals surface area contributed by atoms with E-state index in [0.29, 0.717) is 17.5 Å². The van der Waals surface area contributed by atoms with Crippen molar-refractivity contribution in [1.29, 1.82) is 0 Å². The molecule has 0 saturated heterocycles. The van der Waals surface area contributed by atoms with Crippen molar-refractivity contribution in [2.45, 2.75) is 20.8 Å². The Labute approximate surface area is 129 Å².